The summed E-state index contributed by atoms with van der Waals surface area (Å²) in [4.78, 5) is 17.1. The van der Waals surface area contributed by atoms with Crippen LogP contribution in [0.2, 0.25) is 0 Å². The molecule has 5 heteroatoms. The maximum Gasteiger partial charge on any atom is 0.245 e. The van der Waals surface area contributed by atoms with E-state index < -0.39 is 0 Å². The molecule has 3 aliphatic rings. The maximum absolute atomic E-state index is 12.8. The summed E-state index contributed by atoms with van der Waals surface area (Å²) in [6, 6.07) is 4.01. The normalized spacial score (nSPS) is 31.5. The van der Waals surface area contributed by atoms with Crippen LogP contribution in [0.15, 0.2) is 23.6 Å². The lowest BCUT2D eigenvalue weighted by Gasteiger charge is -2.23. The number of thiophene rings is 1. The van der Waals surface area contributed by atoms with Crippen LogP contribution in [-0.2, 0) is 4.79 Å². The Morgan fingerprint density at radius 2 is 1.95 bits per heavy atom. The summed E-state index contributed by atoms with van der Waals surface area (Å²) >= 11 is 1.49. The molecule has 0 saturated carbocycles. The van der Waals surface area contributed by atoms with Gasteiger partial charge in [-0.1, -0.05) is 12.2 Å². The fourth-order valence-electron chi connectivity index (χ4n) is 4.11. The molecule has 0 aromatic carbocycles. The molecule has 114 valence electrons. The van der Waals surface area contributed by atoms with E-state index in [2.05, 4.69) is 23.1 Å². The van der Waals surface area contributed by atoms with E-state index in [9.17, 15) is 10.1 Å². The minimum Gasteiger partial charge on any atom is -0.301 e. The van der Waals surface area contributed by atoms with Crippen LogP contribution in [0.4, 0.5) is 5.00 Å². The minimum atomic E-state index is 0.0132. The zero-order valence-electron chi connectivity index (χ0n) is 12.4. The van der Waals surface area contributed by atoms with Crippen molar-refractivity contribution in [3.8, 4) is 6.07 Å². The first-order valence-corrected chi connectivity index (χ1v) is 8.84. The monoisotopic (exact) mass is 313 g/mol. The second kappa shape index (κ2) is 5.53. The first-order valence-electron chi connectivity index (χ1n) is 7.96. The van der Waals surface area contributed by atoms with Gasteiger partial charge in [-0.15, -0.1) is 11.3 Å². The van der Waals surface area contributed by atoms with Gasteiger partial charge in [0.2, 0.25) is 5.91 Å². The number of hydrogen-bond donors (Lipinski definition) is 0. The smallest absolute Gasteiger partial charge is 0.245 e. The average molecular weight is 313 g/mol. The molecule has 1 aromatic rings. The topological polar surface area (TPSA) is 47.3 Å². The van der Waals surface area contributed by atoms with Crippen molar-refractivity contribution in [3.63, 3.8) is 0 Å². The number of nitriles is 1. The Hall–Kier alpha value is -1.64. The number of nitrogens with zero attached hydrogens (tertiary/aromatic N) is 3. The van der Waals surface area contributed by atoms with E-state index in [0.717, 1.165) is 55.7 Å². The third-order valence-corrected chi connectivity index (χ3v) is 6.21. The van der Waals surface area contributed by atoms with Gasteiger partial charge in [-0.05, 0) is 42.5 Å². The fraction of sp³-hybridized carbons (Fsp3) is 0.529. The number of anilines is 1. The summed E-state index contributed by atoms with van der Waals surface area (Å²) in [6.07, 6.45) is 7.79. The molecule has 1 amide bonds. The maximum atomic E-state index is 12.8. The molecule has 2 aliphatic heterocycles. The highest BCUT2D eigenvalue weighted by molar-refractivity contribution is 7.14. The Morgan fingerprint density at radius 1 is 1.23 bits per heavy atom. The van der Waals surface area contributed by atoms with E-state index in [1.807, 2.05) is 10.3 Å². The van der Waals surface area contributed by atoms with Gasteiger partial charge in [0.1, 0.15) is 11.1 Å². The Kier molecular flexibility index (Phi) is 3.51. The molecule has 3 atom stereocenters. The van der Waals surface area contributed by atoms with Crippen molar-refractivity contribution in [2.45, 2.75) is 25.3 Å². The predicted molar refractivity (Wildman–Crippen MR) is 86.7 cm³/mol. The SMILES string of the molecule is N#Cc1ccsc1N1CC[C@@H](N2C[C@H]3CC=CC[C@H]3C2)C1=O. The van der Waals surface area contributed by atoms with Crippen LogP contribution in [0.5, 0.6) is 0 Å². The lowest BCUT2D eigenvalue weighted by Crippen LogP contribution is -2.40. The van der Waals surface area contributed by atoms with Crippen molar-refractivity contribution in [2.75, 3.05) is 24.5 Å². The quantitative estimate of drug-likeness (QED) is 0.789. The van der Waals surface area contributed by atoms with Crippen LogP contribution in [0.1, 0.15) is 24.8 Å². The molecule has 0 N–H and O–H groups in total. The van der Waals surface area contributed by atoms with Crippen molar-refractivity contribution in [1.29, 1.82) is 5.26 Å². The molecule has 2 fully saturated rings. The highest BCUT2D eigenvalue weighted by atomic mass is 32.1. The van der Waals surface area contributed by atoms with Crippen LogP contribution in [0.3, 0.4) is 0 Å². The van der Waals surface area contributed by atoms with Gasteiger partial charge < -0.3 is 4.90 Å². The molecule has 4 rings (SSSR count). The highest BCUT2D eigenvalue weighted by Gasteiger charge is 2.43. The number of carbonyl (C=O) groups is 1. The first-order chi connectivity index (χ1) is 10.8. The van der Waals surface area contributed by atoms with Crippen LogP contribution in [0.25, 0.3) is 0 Å². The Bertz CT molecular complexity index is 643. The molecule has 2 saturated heterocycles. The Labute approximate surface area is 134 Å². The summed E-state index contributed by atoms with van der Waals surface area (Å²) in [6.45, 7) is 2.84. The molecule has 1 aromatic heterocycles. The van der Waals surface area contributed by atoms with E-state index in [0.29, 0.717) is 5.56 Å². The second-order valence-electron chi connectivity index (χ2n) is 6.46. The Morgan fingerprint density at radius 3 is 2.64 bits per heavy atom. The Balaban J connectivity index is 1.50. The largest absolute Gasteiger partial charge is 0.301 e. The molecule has 22 heavy (non-hydrogen) atoms. The van der Waals surface area contributed by atoms with Crippen molar-refractivity contribution in [2.24, 2.45) is 11.8 Å². The summed E-state index contributed by atoms with van der Waals surface area (Å²) in [7, 11) is 0. The molecular weight excluding hydrogens is 294 g/mol. The lowest BCUT2D eigenvalue weighted by molar-refractivity contribution is -0.121. The molecule has 0 unspecified atom stereocenters. The number of hydrogen-bond acceptors (Lipinski definition) is 4. The molecule has 3 heterocycles. The minimum absolute atomic E-state index is 0.0132. The third kappa shape index (κ3) is 2.18. The van der Waals surface area contributed by atoms with Gasteiger partial charge in [-0.2, -0.15) is 5.26 Å². The van der Waals surface area contributed by atoms with Crippen molar-refractivity contribution in [1.82, 2.24) is 4.90 Å². The van der Waals surface area contributed by atoms with E-state index in [-0.39, 0.29) is 11.9 Å². The van der Waals surface area contributed by atoms with Gasteiger partial charge in [0, 0.05) is 19.6 Å². The number of allylic oxidation sites excluding steroid dienone is 2. The summed E-state index contributed by atoms with van der Waals surface area (Å²) < 4.78 is 0. The average Bonchev–Trinajstić information content (AvgIpc) is 3.23. The van der Waals surface area contributed by atoms with Crippen molar-refractivity contribution in [3.05, 3.63) is 29.2 Å². The predicted octanol–water partition coefficient (Wildman–Crippen LogP) is 2.62. The van der Waals surface area contributed by atoms with Gasteiger partial charge >= 0.3 is 0 Å². The zero-order chi connectivity index (χ0) is 15.1. The molecule has 1 aliphatic carbocycles. The van der Waals surface area contributed by atoms with E-state index in [4.69, 9.17) is 0 Å². The highest BCUT2D eigenvalue weighted by Crippen LogP contribution is 2.37. The molecule has 4 nitrogen and oxygen atoms in total. The van der Waals surface area contributed by atoms with Crippen LogP contribution >= 0.6 is 11.3 Å². The summed E-state index contributed by atoms with van der Waals surface area (Å²) in [5, 5.41) is 11.9. The van der Waals surface area contributed by atoms with Gasteiger partial charge in [-0.3, -0.25) is 9.69 Å². The van der Waals surface area contributed by atoms with Gasteiger partial charge in [0.25, 0.3) is 0 Å². The number of carbonyl (C=O) groups excluding carboxylic acids is 1. The number of likely N-dealkylation sites (tertiary alicyclic amines) is 1. The summed E-state index contributed by atoms with van der Waals surface area (Å²) in [5.41, 5.74) is 0.623. The number of amides is 1. The van der Waals surface area contributed by atoms with E-state index in [1.165, 1.54) is 11.3 Å². The second-order valence-corrected chi connectivity index (χ2v) is 7.36. The molecule has 0 radical (unpaired) electrons. The van der Waals surface area contributed by atoms with Crippen LogP contribution < -0.4 is 4.90 Å². The van der Waals surface area contributed by atoms with E-state index in [1.54, 1.807) is 6.07 Å². The summed E-state index contributed by atoms with van der Waals surface area (Å²) in [5.74, 6) is 1.64. The molecular formula is C17H19N3OS. The van der Waals surface area contributed by atoms with E-state index >= 15 is 0 Å². The number of fused-ring (bicyclic) bond motifs is 1. The lowest BCUT2D eigenvalue weighted by atomic mass is 9.86. The van der Waals surface area contributed by atoms with Crippen molar-refractivity contribution >= 4 is 22.2 Å². The van der Waals surface area contributed by atoms with Gasteiger partial charge in [0.15, 0.2) is 0 Å². The fourth-order valence-corrected chi connectivity index (χ4v) is 4.99. The van der Waals surface area contributed by atoms with Crippen molar-refractivity contribution < 1.29 is 4.79 Å². The van der Waals surface area contributed by atoms with Crippen LogP contribution in [-0.4, -0.2) is 36.5 Å². The molecule has 0 spiro atoms. The third-order valence-electron chi connectivity index (χ3n) is 5.28. The zero-order valence-corrected chi connectivity index (χ0v) is 13.3. The van der Waals surface area contributed by atoms with Gasteiger partial charge in [0.05, 0.1) is 11.6 Å². The molecule has 0 bridgehead atoms. The first kappa shape index (κ1) is 14.0. The van der Waals surface area contributed by atoms with Crippen LogP contribution in [0, 0.1) is 23.2 Å². The van der Waals surface area contributed by atoms with Gasteiger partial charge in [-0.25, -0.2) is 0 Å². The standard InChI is InChI=1S/C17H19N3OS/c18-9-12-6-8-22-17(12)20-7-5-15(16(20)21)19-10-13-3-1-2-4-14(13)11-19/h1-2,6,8,13-15H,3-5,7,10-11H2/t13-,14+,15-/m1/s1. The number of rotatable bonds is 2.